The maximum absolute atomic E-state index is 11.7. The van der Waals surface area contributed by atoms with Crippen molar-refractivity contribution in [1.29, 1.82) is 0 Å². The summed E-state index contributed by atoms with van der Waals surface area (Å²) >= 11 is 0. The van der Waals surface area contributed by atoms with Crippen LogP contribution in [-0.4, -0.2) is 12.1 Å². The van der Waals surface area contributed by atoms with Gasteiger partial charge in [-0.15, -0.1) is 0 Å². The van der Waals surface area contributed by atoms with Crippen molar-refractivity contribution in [2.75, 3.05) is 0 Å². The third-order valence-electron chi connectivity index (χ3n) is 2.47. The van der Waals surface area contributed by atoms with Gasteiger partial charge in [-0.2, -0.15) is 0 Å². The van der Waals surface area contributed by atoms with Crippen molar-refractivity contribution in [1.82, 2.24) is 0 Å². The van der Waals surface area contributed by atoms with Gasteiger partial charge in [-0.3, -0.25) is 4.79 Å². The minimum Gasteiger partial charge on any atom is -0.303 e. The second-order valence-electron chi connectivity index (χ2n) is 4.83. The van der Waals surface area contributed by atoms with Crippen molar-refractivity contribution in [2.45, 2.75) is 39.0 Å². The monoisotopic (exact) mass is 219 g/mol. The number of hydrogen-bond donors (Lipinski definition) is 0. The van der Waals surface area contributed by atoms with Gasteiger partial charge in [0, 0.05) is 19.8 Å². The summed E-state index contributed by atoms with van der Waals surface area (Å²) < 4.78 is 7.25. The molecule has 0 aliphatic carbocycles. The molecule has 0 saturated carbocycles. The fourth-order valence-electron chi connectivity index (χ4n) is 1.43. The van der Waals surface area contributed by atoms with Crippen LogP contribution < -0.4 is 0 Å². The summed E-state index contributed by atoms with van der Waals surface area (Å²) in [5.41, 5.74) is 1.78. The molecule has 0 N–H and O–H groups in total. The van der Waals surface area contributed by atoms with Gasteiger partial charge in [0.1, 0.15) is 6.29 Å². The molecule has 0 bridgehead atoms. The molecule has 0 aliphatic rings. The van der Waals surface area contributed by atoms with Crippen LogP contribution in [0.3, 0.4) is 0 Å². The average molecular weight is 219 g/mol. The number of hydrogen-bond acceptors (Lipinski definition) is 2. The number of ketones is 1. The molecule has 2 nitrogen and oxygen atoms in total. The molecule has 0 aliphatic heterocycles. The first kappa shape index (κ1) is 11.1. The van der Waals surface area contributed by atoms with E-state index < -0.39 is 6.40 Å². The summed E-state index contributed by atoms with van der Waals surface area (Å²) in [6.07, 6.45) is -0.510. The Kier molecular flexibility index (Phi) is 3.50. The highest BCUT2D eigenvalue weighted by Gasteiger charge is 2.13. The molecule has 1 aromatic rings. The highest BCUT2D eigenvalue weighted by molar-refractivity contribution is 5.96. The van der Waals surface area contributed by atoms with Crippen LogP contribution in [0, 0.1) is 0 Å². The SMILES string of the molecule is [2H]C(C=O)CC(=O)c1ccc(C(C)(C)C)cc1. The average Bonchev–Trinajstić information content (AvgIpc) is 2.27. The lowest BCUT2D eigenvalue weighted by Crippen LogP contribution is -2.11. The van der Waals surface area contributed by atoms with Gasteiger partial charge < -0.3 is 4.79 Å². The molecule has 86 valence electrons. The zero-order valence-corrected chi connectivity index (χ0v) is 9.99. The molecule has 1 unspecified atom stereocenters. The Hall–Kier alpha value is -1.44. The maximum atomic E-state index is 11.7. The molecule has 1 aromatic carbocycles. The van der Waals surface area contributed by atoms with E-state index in [1.165, 1.54) is 0 Å². The predicted molar refractivity (Wildman–Crippen MR) is 64.8 cm³/mol. The fourth-order valence-corrected chi connectivity index (χ4v) is 1.43. The van der Waals surface area contributed by atoms with Crippen LogP contribution in [-0.2, 0) is 10.2 Å². The van der Waals surface area contributed by atoms with Gasteiger partial charge in [0.25, 0.3) is 0 Å². The molecule has 1 rings (SSSR count). The zero-order chi connectivity index (χ0) is 13.1. The van der Waals surface area contributed by atoms with E-state index in [0.717, 1.165) is 5.56 Å². The van der Waals surface area contributed by atoms with Gasteiger partial charge in [-0.1, -0.05) is 45.0 Å². The minimum absolute atomic E-state index is 0.0433. The predicted octanol–water partition coefficient (Wildman–Crippen LogP) is 3.15. The molecule has 0 saturated heterocycles. The number of rotatable bonds is 4. The van der Waals surface area contributed by atoms with E-state index in [9.17, 15) is 9.59 Å². The first-order valence-electron chi connectivity index (χ1n) is 5.93. The molecule has 0 fully saturated rings. The van der Waals surface area contributed by atoms with Gasteiger partial charge in [-0.25, -0.2) is 0 Å². The van der Waals surface area contributed by atoms with Gasteiger partial charge in [0.15, 0.2) is 5.78 Å². The lowest BCUT2D eigenvalue weighted by molar-refractivity contribution is -0.107. The molecule has 1 atom stereocenters. The largest absolute Gasteiger partial charge is 0.303 e. The van der Waals surface area contributed by atoms with Crippen molar-refractivity contribution < 1.29 is 11.0 Å². The fraction of sp³-hybridized carbons (Fsp3) is 0.429. The van der Waals surface area contributed by atoms with Crippen molar-refractivity contribution in [2.24, 2.45) is 0 Å². The summed E-state index contributed by atoms with van der Waals surface area (Å²) in [5.74, 6) is -0.155. The molecule has 0 aromatic heterocycles. The van der Waals surface area contributed by atoms with Crippen LogP contribution in [0.25, 0.3) is 0 Å². The number of carbonyl (C=O) groups is 2. The first-order chi connectivity index (χ1) is 7.84. The summed E-state index contributed by atoms with van der Waals surface area (Å²) in [7, 11) is 0. The lowest BCUT2D eigenvalue weighted by atomic mass is 9.86. The van der Waals surface area contributed by atoms with Crippen LogP contribution >= 0.6 is 0 Å². The summed E-state index contributed by atoms with van der Waals surface area (Å²) in [6.45, 7) is 6.32. The van der Waals surface area contributed by atoms with Crippen molar-refractivity contribution in [3.63, 3.8) is 0 Å². The molecular formula is C14H18O2. The molecule has 0 amide bonds. The van der Waals surface area contributed by atoms with E-state index in [1.807, 2.05) is 12.1 Å². The Morgan fingerprint density at radius 1 is 1.31 bits per heavy atom. The van der Waals surface area contributed by atoms with Crippen LogP contribution in [0.1, 0.15) is 50.9 Å². The van der Waals surface area contributed by atoms with Crippen molar-refractivity contribution >= 4 is 12.1 Å². The van der Waals surface area contributed by atoms with Gasteiger partial charge in [0.05, 0.1) is 0 Å². The summed E-state index contributed by atoms with van der Waals surface area (Å²) in [6, 6.07) is 7.38. The quantitative estimate of drug-likeness (QED) is 0.576. The van der Waals surface area contributed by atoms with E-state index in [-0.39, 0.29) is 17.6 Å². The standard InChI is InChI=1S/C14H18O2/c1-14(2,3)12-8-6-11(7-9-12)13(16)5-4-10-15/h6-10H,4-5H2,1-3H3/i4D. The summed E-state index contributed by atoms with van der Waals surface area (Å²) in [4.78, 5) is 22.0. The lowest BCUT2D eigenvalue weighted by Gasteiger charge is -2.18. The van der Waals surface area contributed by atoms with Gasteiger partial charge >= 0.3 is 0 Å². The molecule has 16 heavy (non-hydrogen) atoms. The van der Waals surface area contributed by atoms with E-state index in [0.29, 0.717) is 11.8 Å². The van der Waals surface area contributed by atoms with Gasteiger partial charge in [-0.05, 0) is 11.0 Å². The van der Waals surface area contributed by atoms with Gasteiger partial charge in [0.2, 0.25) is 0 Å². The molecular weight excluding hydrogens is 200 g/mol. The Morgan fingerprint density at radius 2 is 1.88 bits per heavy atom. The van der Waals surface area contributed by atoms with Crippen LogP contribution in [0.2, 0.25) is 0 Å². The second-order valence-corrected chi connectivity index (χ2v) is 4.83. The number of Topliss-reactive ketones (excluding diaryl/α,β-unsaturated/α-hetero) is 1. The number of benzene rings is 1. The van der Waals surface area contributed by atoms with Crippen LogP contribution in [0.4, 0.5) is 0 Å². The molecule has 0 spiro atoms. The Bertz CT molecular complexity index is 401. The molecule has 0 radical (unpaired) electrons. The third-order valence-corrected chi connectivity index (χ3v) is 2.47. The third kappa shape index (κ3) is 3.30. The highest BCUT2D eigenvalue weighted by Crippen LogP contribution is 2.22. The van der Waals surface area contributed by atoms with Crippen LogP contribution in [0.5, 0.6) is 0 Å². The van der Waals surface area contributed by atoms with Crippen LogP contribution in [0.15, 0.2) is 24.3 Å². The topological polar surface area (TPSA) is 34.1 Å². The first-order valence-corrected chi connectivity index (χ1v) is 5.36. The van der Waals surface area contributed by atoms with E-state index in [2.05, 4.69) is 20.8 Å². The van der Waals surface area contributed by atoms with Crippen molar-refractivity contribution in [3.05, 3.63) is 35.4 Å². The highest BCUT2D eigenvalue weighted by atomic mass is 16.1. The maximum Gasteiger partial charge on any atom is 0.163 e. The second kappa shape index (κ2) is 5.06. The van der Waals surface area contributed by atoms with Crippen molar-refractivity contribution in [3.8, 4) is 0 Å². The summed E-state index contributed by atoms with van der Waals surface area (Å²) in [5, 5.41) is 0. The number of aldehydes is 1. The Balaban J connectivity index is 2.81. The Morgan fingerprint density at radius 3 is 2.31 bits per heavy atom. The zero-order valence-electron chi connectivity index (χ0n) is 11.0. The molecule has 2 heteroatoms. The van der Waals surface area contributed by atoms with E-state index in [1.54, 1.807) is 12.1 Å². The smallest absolute Gasteiger partial charge is 0.163 e. The van der Waals surface area contributed by atoms with E-state index in [4.69, 9.17) is 1.37 Å². The van der Waals surface area contributed by atoms with E-state index >= 15 is 0 Å². The normalized spacial score (nSPS) is 14.1. The Labute approximate surface area is 98.1 Å². The molecule has 0 heterocycles. The number of carbonyl (C=O) groups excluding carboxylic acids is 2. The minimum atomic E-state index is -0.954.